The SMILES string of the molecule is C#CC12CC3CC(C)(C1)CC(C14CC5CC(CC(C5)C1)C4)(C3)C2. The van der Waals surface area contributed by atoms with Crippen LogP contribution >= 0.6 is 0 Å². The Balaban J connectivity index is 1.48. The zero-order chi connectivity index (χ0) is 15.5. The molecule has 8 saturated carbocycles. The van der Waals surface area contributed by atoms with Crippen molar-refractivity contribution in [2.75, 3.05) is 0 Å². The molecule has 0 aromatic heterocycles. The van der Waals surface area contributed by atoms with Crippen molar-refractivity contribution in [1.29, 1.82) is 0 Å². The van der Waals surface area contributed by atoms with Crippen LogP contribution in [0.2, 0.25) is 0 Å². The Bertz CT molecular complexity index is 573. The van der Waals surface area contributed by atoms with Gasteiger partial charge in [-0.3, -0.25) is 0 Å². The Labute approximate surface area is 142 Å². The van der Waals surface area contributed by atoms with Gasteiger partial charge in [-0.05, 0) is 117 Å². The van der Waals surface area contributed by atoms with Gasteiger partial charge in [0.1, 0.15) is 0 Å². The molecule has 0 aliphatic heterocycles. The lowest BCUT2D eigenvalue weighted by molar-refractivity contribution is -0.230. The van der Waals surface area contributed by atoms with Crippen LogP contribution in [-0.4, -0.2) is 0 Å². The normalized spacial score (nSPS) is 65.0. The largest absolute Gasteiger partial charge is 0.120 e. The molecule has 4 unspecified atom stereocenters. The van der Waals surface area contributed by atoms with E-state index in [9.17, 15) is 0 Å². The third-order valence-electron chi connectivity index (χ3n) is 9.82. The van der Waals surface area contributed by atoms with E-state index in [1.54, 1.807) is 44.9 Å². The summed E-state index contributed by atoms with van der Waals surface area (Å²) < 4.78 is 0. The van der Waals surface area contributed by atoms with E-state index in [2.05, 4.69) is 12.8 Å². The van der Waals surface area contributed by atoms with Crippen LogP contribution in [0.1, 0.15) is 84.0 Å². The molecule has 4 atom stereocenters. The van der Waals surface area contributed by atoms with Gasteiger partial charge in [0, 0.05) is 5.41 Å². The lowest BCUT2D eigenvalue weighted by atomic mass is 9.31. The second kappa shape index (κ2) is 3.86. The molecular weight excluding hydrogens is 276 g/mol. The van der Waals surface area contributed by atoms with E-state index in [-0.39, 0.29) is 5.41 Å². The fourth-order valence-electron chi connectivity index (χ4n) is 10.4. The topological polar surface area (TPSA) is 0 Å². The Morgan fingerprint density at radius 2 is 1.30 bits per heavy atom. The highest BCUT2D eigenvalue weighted by molar-refractivity contribution is 5.24. The molecule has 0 radical (unpaired) electrons. The van der Waals surface area contributed by atoms with E-state index in [0.717, 1.165) is 23.7 Å². The third kappa shape index (κ3) is 1.61. The third-order valence-corrected chi connectivity index (χ3v) is 9.82. The van der Waals surface area contributed by atoms with Crippen molar-refractivity contribution in [3.05, 3.63) is 0 Å². The highest BCUT2D eigenvalue weighted by Crippen LogP contribution is 2.78. The average Bonchev–Trinajstić information content (AvgIpc) is 2.43. The highest BCUT2D eigenvalue weighted by Gasteiger charge is 2.69. The molecule has 0 heteroatoms. The van der Waals surface area contributed by atoms with Gasteiger partial charge in [0.2, 0.25) is 0 Å². The minimum atomic E-state index is 0.289. The summed E-state index contributed by atoms with van der Waals surface area (Å²) in [7, 11) is 0. The predicted octanol–water partition coefficient (Wildman–Crippen LogP) is 5.81. The van der Waals surface area contributed by atoms with Crippen LogP contribution in [0.5, 0.6) is 0 Å². The van der Waals surface area contributed by atoms with E-state index in [1.165, 1.54) is 32.1 Å². The number of hydrogen-bond donors (Lipinski definition) is 0. The van der Waals surface area contributed by atoms with Gasteiger partial charge in [-0.15, -0.1) is 6.42 Å². The summed E-state index contributed by atoms with van der Waals surface area (Å²) in [5.74, 6) is 7.61. The van der Waals surface area contributed by atoms with Gasteiger partial charge in [-0.1, -0.05) is 12.8 Å². The Kier molecular flexibility index (Phi) is 2.32. The van der Waals surface area contributed by atoms with Crippen molar-refractivity contribution in [2.24, 2.45) is 45.3 Å². The van der Waals surface area contributed by atoms with Crippen LogP contribution in [0.4, 0.5) is 0 Å². The fraction of sp³-hybridized carbons (Fsp3) is 0.913. The zero-order valence-electron chi connectivity index (χ0n) is 14.9. The summed E-state index contributed by atoms with van der Waals surface area (Å²) >= 11 is 0. The van der Waals surface area contributed by atoms with Gasteiger partial charge in [-0.2, -0.15) is 0 Å². The molecule has 0 amide bonds. The molecular formula is C23H32. The average molecular weight is 309 g/mol. The van der Waals surface area contributed by atoms with Crippen molar-refractivity contribution in [3.8, 4) is 12.3 Å². The summed E-state index contributed by atoms with van der Waals surface area (Å²) in [5, 5.41) is 0. The molecule has 23 heavy (non-hydrogen) atoms. The quantitative estimate of drug-likeness (QED) is 0.536. The molecule has 8 fully saturated rings. The van der Waals surface area contributed by atoms with E-state index in [4.69, 9.17) is 6.42 Å². The Morgan fingerprint density at radius 1 is 0.696 bits per heavy atom. The first-order chi connectivity index (χ1) is 11.0. The molecule has 0 aromatic carbocycles. The van der Waals surface area contributed by atoms with Gasteiger partial charge in [0.25, 0.3) is 0 Å². The van der Waals surface area contributed by atoms with E-state index in [0.29, 0.717) is 16.2 Å². The van der Waals surface area contributed by atoms with Crippen molar-refractivity contribution in [1.82, 2.24) is 0 Å². The Hall–Kier alpha value is -0.440. The first-order valence-electron chi connectivity index (χ1n) is 10.4. The zero-order valence-corrected chi connectivity index (χ0v) is 14.9. The molecule has 0 saturated heterocycles. The maximum absolute atomic E-state index is 6.19. The molecule has 8 aliphatic carbocycles. The summed E-state index contributed by atoms with van der Waals surface area (Å²) in [6, 6.07) is 0. The van der Waals surface area contributed by atoms with Crippen LogP contribution in [0, 0.1) is 57.7 Å². The monoisotopic (exact) mass is 308 g/mol. The fourth-order valence-corrected chi connectivity index (χ4v) is 10.4. The molecule has 124 valence electrons. The van der Waals surface area contributed by atoms with Gasteiger partial charge < -0.3 is 0 Å². The maximum atomic E-state index is 6.19. The van der Waals surface area contributed by atoms with Crippen molar-refractivity contribution in [3.63, 3.8) is 0 Å². The minimum absolute atomic E-state index is 0.289. The van der Waals surface area contributed by atoms with Crippen molar-refractivity contribution >= 4 is 0 Å². The molecule has 0 heterocycles. The Morgan fingerprint density at radius 3 is 1.87 bits per heavy atom. The second-order valence-corrected chi connectivity index (χ2v) is 11.7. The minimum Gasteiger partial charge on any atom is -0.120 e. The molecule has 8 aliphatic rings. The summed E-state index contributed by atoms with van der Waals surface area (Å²) in [4.78, 5) is 0. The van der Waals surface area contributed by atoms with Crippen molar-refractivity contribution < 1.29 is 0 Å². The lowest BCUT2D eigenvalue weighted by Gasteiger charge is -2.73. The van der Waals surface area contributed by atoms with Crippen LogP contribution in [0.3, 0.4) is 0 Å². The first-order valence-corrected chi connectivity index (χ1v) is 10.4. The van der Waals surface area contributed by atoms with Crippen molar-refractivity contribution in [2.45, 2.75) is 84.0 Å². The summed E-state index contributed by atoms with van der Waals surface area (Å²) in [5.41, 5.74) is 2.22. The second-order valence-electron chi connectivity index (χ2n) is 11.7. The van der Waals surface area contributed by atoms with Crippen LogP contribution in [-0.2, 0) is 0 Å². The van der Waals surface area contributed by atoms with Crippen LogP contribution in [0.15, 0.2) is 0 Å². The lowest BCUT2D eigenvalue weighted by Crippen LogP contribution is -2.64. The number of rotatable bonds is 1. The van der Waals surface area contributed by atoms with Gasteiger partial charge in [0.05, 0.1) is 0 Å². The molecule has 0 spiro atoms. The standard InChI is InChI=1S/C23H32/c1-3-21-8-19-7-20(2,13-21)14-23(12-19,15-21)22-9-16-4-17(10-22)6-18(5-16)11-22/h1,16-19H,4-15H2,2H3. The van der Waals surface area contributed by atoms with E-state index < -0.39 is 0 Å². The van der Waals surface area contributed by atoms with Gasteiger partial charge in [0.15, 0.2) is 0 Å². The molecule has 0 nitrogen and oxygen atoms in total. The van der Waals surface area contributed by atoms with Crippen LogP contribution < -0.4 is 0 Å². The highest BCUT2D eigenvalue weighted by atomic mass is 14.7. The van der Waals surface area contributed by atoms with Gasteiger partial charge >= 0.3 is 0 Å². The smallest absolute Gasteiger partial charge is 0.0325 e. The summed E-state index contributed by atoms with van der Waals surface area (Å²) in [6.45, 7) is 2.61. The van der Waals surface area contributed by atoms with Crippen LogP contribution in [0.25, 0.3) is 0 Å². The van der Waals surface area contributed by atoms with Gasteiger partial charge in [-0.25, -0.2) is 0 Å². The molecule has 0 aromatic rings. The van der Waals surface area contributed by atoms with E-state index in [1.807, 2.05) is 0 Å². The summed E-state index contributed by atoms with van der Waals surface area (Å²) in [6.07, 6.45) is 24.4. The molecule has 8 rings (SSSR count). The molecule has 8 bridgehead atoms. The van der Waals surface area contributed by atoms with E-state index >= 15 is 0 Å². The number of terminal acetylenes is 1. The maximum Gasteiger partial charge on any atom is 0.0325 e. The first kappa shape index (κ1) is 13.8. The number of hydrogen-bond acceptors (Lipinski definition) is 0. The predicted molar refractivity (Wildman–Crippen MR) is 93.6 cm³/mol. The molecule has 0 N–H and O–H groups in total.